The number of likely N-dealkylation sites (tertiary alicyclic amines) is 1. The number of ether oxygens (including phenoxy) is 1. The molecule has 0 unspecified atom stereocenters. The SMILES string of the molecule is COC(=O)CCCc1cc(C(=O)CCC2CCN(Cc3ccccc3)CC2)ccc1N. The minimum Gasteiger partial charge on any atom is -0.469 e. The molecule has 0 saturated carbocycles. The van der Waals surface area contributed by atoms with Gasteiger partial charge in [-0.15, -0.1) is 0 Å². The van der Waals surface area contributed by atoms with E-state index < -0.39 is 0 Å². The van der Waals surface area contributed by atoms with Crippen molar-refractivity contribution >= 4 is 17.4 Å². The molecule has 2 N–H and O–H groups in total. The van der Waals surface area contributed by atoms with Crippen LogP contribution in [0.4, 0.5) is 5.69 Å². The van der Waals surface area contributed by atoms with Crippen molar-refractivity contribution in [3.63, 3.8) is 0 Å². The summed E-state index contributed by atoms with van der Waals surface area (Å²) in [4.78, 5) is 26.6. The van der Waals surface area contributed by atoms with Gasteiger partial charge in [0.05, 0.1) is 7.11 Å². The van der Waals surface area contributed by atoms with Gasteiger partial charge in [0.15, 0.2) is 5.78 Å². The molecule has 0 bridgehead atoms. The van der Waals surface area contributed by atoms with Crippen molar-refractivity contribution in [3.8, 4) is 0 Å². The van der Waals surface area contributed by atoms with Gasteiger partial charge in [0, 0.05) is 30.6 Å². The van der Waals surface area contributed by atoms with Gasteiger partial charge in [-0.25, -0.2) is 0 Å². The summed E-state index contributed by atoms with van der Waals surface area (Å²) < 4.78 is 4.68. The average Bonchev–Trinajstić information content (AvgIpc) is 2.80. The second-order valence-electron chi connectivity index (χ2n) is 8.51. The highest BCUT2D eigenvalue weighted by Crippen LogP contribution is 2.25. The highest BCUT2D eigenvalue weighted by molar-refractivity contribution is 5.96. The van der Waals surface area contributed by atoms with Gasteiger partial charge < -0.3 is 10.5 Å². The number of esters is 1. The van der Waals surface area contributed by atoms with Gasteiger partial charge in [0.1, 0.15) is 0 Å². The molecular weight excluding hydrogens is 388 g/mol. The fourth-order valence-corrected chi connectivity index (χ4v) is 4.28. The number of methoxy groups -OCH3 is 1. The van der Waals surface area contributed by atoms with E-state index in [9.17, 15) is 9.59 Å². The molecule has 1 aliphatic heterocycles. The van der Waals surface area contributed by atoms with Crippen LogP contribution in [0.5, 0.6) is 0 Å². The Morgan fingerprint density at radius 3 is 2.52 bits per heavy atom. The van der Waals surface area contributed by atoms with Crippen molar-refractivity contribution < 1.29 is 14.3 Å². The van der Waals surface area contributed by atoms with Crippen LogP contribution >= 0.6 is 0 Å². The molecule has 5 heteroatoms. The van der Waals surface area contributed by atoms with Crippen molar-refractivity contribution in [1.82, 2.24) is 4.90 Å². The molecule has 0 radical (unpaired) electrons. The molecule has 2 aromatic carbocycles. The van der Waals surface area contributed by atoms with Crippen molar-refractivity contribution in [1.29, 1.82) is 0 Å². The van der Waals surface area contributed by atoms with Gasteiger partial charge in [-0.1, -0.05) is 30.3 Å². The average molecular weight is 423 g/mol. The van der Waals surface area contributed by atoms with E-state index in [1.807, 2.05) is 18.2 Å². The zero-order valence-electron chi connectivity index (χ0n) is 18.5. The lowest BCUT2D eigenvalue weighted by Crippen LogP contribution is -2.33. The van der Waals surface area contributed by atoms with Crippen molar-refractivity contribution in [2.45, 2.75) is 51.5 Å². The van der Waals surface area contributed by atoms with Gasteiger partial charge >= 0.3 is 5.97 Å². The Morgan fingerprint density at radius 1 is 1.06 bits per heavy atom. The number of aryl methyl sites for hydroxylation is 1. The maximum atomic E-state index is 12.8. The van der Waals surface area contributed by atoms with E-state index in [4.69, 9.17) is 5.73 Å². The number of anilines is 1. The van der Waals surface area contributed by atoms with Gasteiger partial charge in [-0.05, 0) is 80.4 Å². The molecule has 0 amide bonds. The number of carbonyl (C=O) groups is 2. The Morgan fingerprint density at radius 2 is 1.81 bits per heavy atom. The number of hydrogen-bond donors (Lipinski definition) is 1. The lowest BCUT2D eigenvalue weighted by molar-refractivity contribution is -0.140. The highest BCUT2D eigenvalue weighted by Gasteiger charge is 2.20. The topological polar surface area (TPSA) is 72.6 Å². The predicted octanol–water partition coefficient (Wildman–Crippen LogP) is 4.64. The largest absolute Gasteiger partial charge is 0.469 e. The van der Waals surface area contributed by atoms with Gasteiger partial charge in [0.25, 0.3) is 0 Å². The van der Waals surface area contributed by atoms with Crippen LogP contribution in [-0.4, -0.2) is 36.9 Å². The molecule has 2 aromatic rings. The number of nitrogens with two attached hydrogens (primary N) is 1. The Labute approximate surface area is 185 Å². The summed E-state index contributed by atoms with van der Waals surface area (Å²) in [5.74, 6) is 0.575. The molecule has 1 aliphatic rings. The number of ketones is 1. The predicted molar refractivity (Wildman–Crippen MR) is 124 cm³/mol. The molecule has 5 nitrogen and oxygen atoms in total. The normalized spacial score (nSPS) is 15.0. The summed E-state index contributed by atoms with van der Waals surface area (Å²) >= 11 is 0. The molecular formula is C26H34N2O3. The van der Waals surface area contributed by atoms with E-state index in [1.54, 1.807) is 0 Å². The molecule has 166 valence electrons. The van der Waals surface area contributed by atoms with Crippen LogP contribution in [0.15, 0.2) is 48.5 Å². The maximum Gasteiger partial charge on any atom is 0.305 e. The summed E-state index contributed by atoms with van der Waals surface area (Å²) in [7, 11) is 1.39. The Kier molecular flexibility index (Phi) is 8.65. The lowest BCUT2D eigenvalue weighted by Gasteiger charge is -2.32. The van der Waals surface area contributed by atoms with Crippen LogP contribution < -0.4 is 5.73 Å². The fourth-order valence-electron chi connectivity index (χ4n) is 4.28. The zero-order valence-corrected chi connectivity index (χ0v) is 18.5. The summed E-state index contributed by atoms with van der Waals surface area (Å²) in [6, 6.07) is 16.1. The van der Waals surface area contributed by atoms with Crippen molar-refractivity contribution in [2.75, 3.05) is 25.9 Å². The molecule has 0 aliphatic carbocycles. The summed E-state index contributed by atoms with van der Waals surface area (Å²) in [5.41, 5.74) is 9.76. The van der Waals surface area contributed by atoms with Gasteiger partial charge in [-0.2, -0.15) is 0 Å². The monoisotopic (exact) mass is 422 g/mol. The number of benzene rings is 2. The Balaban J connectivity index is 1.43. The Bertz CT molecular complexity index is 858. The molecule has 1 heterocycles. The van der Waals surface area contributed by atoms with E-state index in [0.717, 1.165) is 50.0 Å². The maximum absolute atomic E-state index is 12.8. The summed E-state index contributed by atoms with van der Waals surface area (Å²) in [6.45, 7) is 3.20. The highest BCUT2D eigenvalue weighted by atomic mass is 16.5. The molecule has 1 fully saturated rings. The van der Waals surface area contributed by atoms with Crippen LogP contribution in [0.25, 0.3) is 0 Å². The second-order valence-corrected chi connectivity index (χ2v) is 8.51. The third-order valence-corrected chi connectivity index (χ3v) is 6.26. The van der Waals surface area contributed by atoms with E-state index in [2.05, 4.69) is 40.0 Å². The first-order valence-electron chi connectivity index (χ1n) is 11.3. The molecule has 0 spiro atoms. The number of hydrogen-bond acceptors (Lipinski definition) is 5. The summed E-state index contributed by atoms with van der Waals surface area (Å²) in [6.07, 6.45) is 5.52. The smallest absolute Gasteiger partial charge is 0.305 e. The first-order chi connectivity index (χ1) is 15.0. The first-order valence-corrected chi connectivity index (χ1v) is 11.3. The van der Waals surface area contributed by atoms with Crippen molar-refractivity contribution in [2.24, 2.45) is 5.92 Å². The number of carbonyl (C=O) groups excluding carboxylic acids is 2. The molecule has 31 heavy (non-hydrogen) atoms. The van der Waals surface area contributed by atoms with Crippen LogP contribution in [0.2, 0.25) is 0 Å². The number of nitrogen functional groups attached to an aromatic ring is 1. The molecule has 1 saturated heterocycles. The number of Topliss-reactive ketones (excluding diaryl/α,β-unsaturated/α-hetero) is 1. The molecule has 0 atom stereocenters. The fraction of sp³-hybridized carbons (Fsp3) is 0.462. The Hall–Kier alpha value is -2.66. The van der Waals surface area contributed by atoms with E-state index in [0.29, 0.717) is 37.3 Å². The van der Waals surface area contributed by atoms with Crippen LogP contribution in [0.3, 0.4) is 0 Å². The van der Waals surface area contributed by atoms with Gasteiger partial charge in [-0.3, -0.25) is 14.5 Å². The van der Waals surface area contributed by atoms with Gasteiger partial charge in [0.2, 0.25) is 0 Å². The second kappa shape index (κ2) is 11.7. The molecule has 0 aromatic heterocycles. The van der Waals surface area contributed by atoms with Crippen LogP contribution in [-0.2, 0) is 22.5 Å². The number of nitrogens with zero attached hydrogens (tertiary/aromatic N) is 1. The van der Waals surface area contributed by atoms with Crippen LogP contribution in [0.1, 0.15) is 60.0 Å². The van der Waals surface area contributed by atoms with Crippen LogP contribution in [0, 0.1) is 5.92 Å². The number of piperidine rings is 1. The lowest BCUT2D eigenvalue weighted by atomic mass is 9.89. The van der Waals surface area contributed by atoms with E-state index >= 15 is 0 Å². The minimum absolute atomic E-state index is 0.181. The first kappa shape index (κ1) is 23.0. The van der Waals surface area contributed by atoms with E-state index in [-0.39, 0.29) is 11.8 Å². The van der Waals surface area contributed by atoms with E-state index in [1.165, 1.54) is 12.7 Å². The molecule has 3 rings (SSSR count). The third-order valence-electron chi connectivity index (χ3n) is 6.26. The zero-order chi connectivity index (χ0) is 22.1. The quantitative estimate of drug-likeness (QED) is 0.343. The third kappa shape index (κ3) is 7.21. The summed E-state index contributed by atoms with van der Waals surface area (Å²) in [5, 5.41) is 0. The van der Waals surface area contributed by atoms with Crippen molar-refractivity contribution in [3.05, 3.63) is 65.2 Å². The minimum atomic E-state index is -0.222. The number of rotatable bonds is 10. The standard InChI is InChI=1S/C26H34N2O3/c1-31-26(30)9-5-8-22-18-23(11-12-24(22)27)25(29)13-10-20-14-16-28(17-15-20)19-21-6-3-2-4-7-21/h2-4,6-7,11-12,18,20H,5,8-10,13-17,19,27H2,1H3.